The summed E-state index contributed by atoms with van der Waals surface area (Å²) < 4.78 is 10.6. The van der Waals surface area contributed by atoms with E-state index in [0.29, 0.717) is 23.6 Å². The first-order valence-electron chi connectivity index (χ1n) is 7.06. The summed E-state index contributed by atoms with van der Waals surface area (Å²) in [6, 6.07) is 14.0. The summed E-state index contributed by atoms with van der Waals surface area (Å²) >= 11 is 0. The van der Waals surface area contributed by atoms with Gasteiger partial charge in [0.05, 0.1) is 25.6 Å². The third-order valence-corrected chi connectivity index (χ3v) is 3.79. The molecule has 4 heteroatoms. The molecular formula is C18H18N2O2. The predicted octanol–water partition coefficient (Wildman–Crippen LogP) is 3.43. The molecule has 2 N–H and O–H groups in total. The van der Waals surface area contributed by atoms with Crippen molar-refractivity contribution in [2.24, 2.45) is 0 Å². The van der Waals surface area contributed by atoms with Gasteiger partial charge in [0.2, 0.25) is 0 Å². The molecule has 0 aliphatic rings. The molecule has 0 saturated heterocycles. The summed E-state index contributed by atoms with van der Waals surface area (Å²) in [6.45, 7) is 0. The predicted molar refractivity (Wildman–Crippen MR) is 88.5 cm³/mol. The molecule has 4 nitrogen and oxygen atoms in total. The monoisotopic (exact) mass is 294 g/mol. The van der Waals surface area contributed by atoms with Crippen LogP contribution in [0.25, 0.3) is 10.8 Å². The normalized spacial score (nSPS) is 10.6. The van der Waals surface area contributed by atoms with Gasteiger partial charge in [0.25, 0.3) is 0 Å². The smallest absolute Gasteiger partial charge is 0.184 e. The number of methoxy groups -OCH3 is 2. The number of hydrogen-bond acceptors (Lipinski definition) is 4. The first kappa shape index (κ1) is 14.2. The molecule has 0 radical (unpaired) electrons. The summed E-state index contributed by atoms with van der Waals surface area (Å²) in [7, 11) is 3.19. The van der Waals surface area contributed by atoms with Crippen LogP contribution >= 0.6 is 0 Å². The van der Waals surface area contributed by atoms with Crippen molar-refractivity contribution in [3.8, 4) is 11.5 Å². The van der Waals surface area contributed by atoms with Gasteiger partial charge in [-0.25, -0.2) is 0 Å². The van der Waals surface area contributed by atoms with Crippen LogP contribution in [0.2, 0.25) is 0 Å². The molecule has 0 saturated carbocycles. The number of nitrogens with two attached hydrogens (primary N) is 1. The molecule has 112 valence electrons. The second kappa shape index (κ2) is 5.93. The summed E-state index contributed by atoms with van der Waals surface area (Å²) in [5, 5.41) is 2.31. The Morgan fingerprint density at radius 2 is 1.82 bits per heavy atom. The number of rotatable bonds is 4. The minimum atomic E-state index is 0.570. The maximum absolute atomic E-state index is 6.23. The highest BCUT2D eigenvalue weighted by Gasteiger charge is 2.13. The molecule has 2 aromatic carbocycles. The van der Waals surface area contributed by atoms with Crippen LogP contribution in [-0.2, 0) is 6.42 Å². The van der Waals surface area contributed by atoms with Crippen LogP contribution in [0.1, 0.15) is 11.3 Å². The van der Waals surface area contributed by atoms with Crippen molar-refractivity contribution in [3.05, 3.63) is 59.9 Å². The van der Waals surface area contributed by atoms with Crippen LogP contribution < -0.4 is 15.2 Å². The molecular weight excluding hydrogens is 276 g/mol. The number of ether oxygens (including phenoxy) is 2. The van der Waals surface area contributed by atoms with Crippen LogP contribution in [0.3, 0.4) is 0 Å². The number of fused-ring (bicyclic) bond motifs is 1. The minimum absolute atomic E-state index is 0.570. The van der Waals surface area contributed by atoms with Crippen molar-refractivity contribution in [2.75, 3.05) is 20.0 Å². The molecule has 1 heterocycles. The number of aromatic nitrogens is 1. The second-order valence-electron chi connectivity index (χ2n) is 5.03. The van der Waals surface area contributed by atoms with Crippen LogP contribution in [-0.4, -0.2) is 19.2 Å². The van der Waals surface area contributed by atoms with Gasteiger partial charge >= 0.3 is 0 Å². The fourth-order valence-corrected chi connectivity index (χ4v) is 2.65. The zero-order valence-corrected chi connectivity index (χ0v) is 12.7. The van der Waals surface area contributed by atoms with Gasteiger partial charge in [0.15, 0.2) is 11.5 Å². The van der Waals surface area contributed by atoms with Crippen LogP contribution in [0.15, 0.2) is 48.7 Å². The highest BCUT2D eigenvalue weighted by Crippen LogP contribution is 2.36. The summed E-state index contributed by atoms with van der Waals surface area (Å²) in [6.07, 6.45) is 2.47. The quantitative estimate of drug-likeness (QED) is 0.749. The van der Waals surface area contributed by atoms with Gasteiger partial charge in [0.1, 0.15) is 0 Å². The fourth-order valence-electron chi connectivity index (χ4n) is 2.65. The van der Waals surface area contributed by atoms with Gasteiger partial charge in [-0.05, 0) is 23.1 Å². The maximum atomic E-state index is 6.23. The van der Waals surface area contributed by atoms with Gasteiger partial charge in [-0.1, -0.05) is 30.3 Å². The highest BCUT2D eigenvalue weighted by molar-refractivity contribution is 5.84. The topological polar surface area (TPSA) is 57.4 Å². The molecule has 0 unspecified atom stereocenters. The van der Waals surface area contributed by atoms with Gasteiger partial charge in [-0.3, -0.25) is 4.98 Å². The fraction of sp³-hybridized carbons (Fsp3) is 0.167. The van der Waals surface area contributed by atoms with E-state index in [0.717, 1.165) is 16.6 Å². The molecule has 0 atom stereocenters. The lowest BCUT2D eigenvalue weighted by atomic mass is 10.0. The lowest BCUT2D eigenvalue weighted by Gasteiger charge is -2.14. The molecule has 3 rings (SSSR count). The summed E-state index contributed by atoms with van der Waals surface area (Å²) in [5.74, 6) is 1.20. The van der Waals surface area contributed by atoms with Gasteiger partial charge < -0.3 is 15.2 Å². The zero-order valence-electron chi connectivity index (χ0n) is 12.7. The van der Waals surface area contributed by atoms with E-state index in [1.807, 2.05) is 36.5 Å². The largest absolute Gasteiger partial charge is 0.493 e. The molecule has 3 aromatic rings. The Balaban J connectivity index is 2.06. The Hall–Kier alpha value is -2.75. The van der Waals surface area contributed by atoms with Crippen molar-refractivity contribution in [1.82, 2.24) is 4.98 Å². The van der Waals surface area contributed by atoms with Crippen molar-refractivity contribution in [1.29, 1.82) is 0 Å². The molecule has 1 aromatic heterocycles. The summed E-state index contributed by atoms with van der Waals surface area (Å²) in [4.78, 5) is 4.51. The minimum Gasteiger partial charge on any atom is -0.493 e. The summed E-state index contributed by atoms with van der Waals surface area (Å²) in [5.41, 5.74) is 8.79. The second-order valence-corrected chi connectivity index (χ2v) is 5.03. The van der Waals surface area contributed by atoms with E-state index in [1.165, 1.54) is 5.39 Å². The Morgan fingerprint density at radius 3 is 2.59 bits per heavy atom. The van der Waals surface area contributed by atoms with Gasteiger partial charge in [-0.15, -0.1) is 0 Å². The number of pyridine rings is 1. The van der Waals surface area contributed by atoms with Crippen LogP contribution in [0.4, 0.5) is 5.69 Å². The van der Waals surface area contributed by atoms with Gasteiger partial charge in [-0.2, -0.15) is 0 Å². The van der Waals surface area contributed by atoms with E-state index in [9.17, 15) is 0 Å². The Morgan fingerprint density at radius 1 is 1.00 bits per heavy atom. The molecule has 22 heavy (non-hydrogen) atoms. The Kier molecular flexibility index (Phi) is 3.83. The SMILES string of the molecule is COc1ccc(Cc2nccc3ccccc23)c(N)c1OC. The molecule has 0 aliphatic heterocycles. The lowest BCUT2D eigenvalue weighted by molar-refractivity contribution is 0.356. The van der Waals surface area contributed by atoms with Crippen LogP contribution in [0, 0.1) is 0 Å². The van der Waals surface area contributed by atoms with Crippen molar-refractivity contribution >= 4 is 16.5 Å². The number of hydrogen-bond donors (Lipinski definition) is 1. The molecule has 0 bridgehead atoms. The molecule has 0 aliphatic carbocycles. The third-order valence-electron chi connectivity index (χ3n) is 3.79. The van der Waals surface area contributed by atoms with E-state index >= 15 is 0 Å². The lowest BCUT2D eigenvalue weighted by Crippen LogP contribution is -2.02. The molecule has 0 spiro atoms. The maximum Gasteiger partial charge on any atom is 0.184 e. The molecule has 0 fully saturated rings. The van der Waals surface area contributed by atoms with Crippen molar-refractivity contribution in [3.63, 3.8) is 0 Å². The average Bonchev–Trinajstić information content (AvgIpc) is 2.56. The van der Waals surface area contributed by atoms with Crippen molar-refractivity contribution in [2.45, 2.75) is 6.42 Å². The highest BCUT2D eigenvalue weighted by atomic mass is 16.5. The standard InChI is InChI=1S/C18H18N2O2/c1-21-16-8-7-13(17(19)18(16)22-2)11-15-14-6-4-3-5-12(14)9-10-20-15/h3-10H,11,19H2,1-2H3. The first-order chi connectivity index (χ1) is 10.7. The number of nitrogen functional groups attached to an aromatic ring is 1. The van der Waals surface area contributed by atoms with E-state index in [2.05, 4.69) is 17.1 Å². The van der Waals surface area contributed by atoms with Gasteiger partial charge in [0, 0.05) is 18.0 Å². The van der Waals surface area contributed by atoms with E-state index < -0.39 is 0 Å². The van der Waals surface area contributed by atoms with Crippen molar-refractivity contribution < 1.29 is 9.47 Å². The van der Waals surface area contributed by atoms with E-state index in [4.69, 9.17) is 15.2 Å². The Bertz CT molecular complexity index is 810. The zero-order chi connectivity index (χ0) is 15.5. The number of nitrogens with zero attached hydrogens (tertiary/aromatic N) is 1. The molecule has 0 amide bonds. The van der Waals surface area contributed by atoms with E-state index in [-0.39, 0.29) is 0 Å². The third kappa shape index (κ3) is 2.44. The van der Waals surface area contributed by atoms with Crippen LogP contribution in [0.5, 0.6) is 11.5 Å². The first-order valence-corrected chi connectivity index (χ1v) is 7.06. The van der Waals surface area contributed by atoms with E-state index in [1.54, 1.807) is 14.2 Å². The Labute approximate surface area is 129 Å². The number of benzene rings is 2. The average molecular weight is 294 g/mol. The number of anilines is 1.